The molecule has 0 unspecified atom stereocenters. The largest absolute Gasteiger partial charge is 0.322 e. The van der Waals surface area contributed by atoms with Crippen molar-refractivity contribution < 1.29 is 13.2 Å². The molecule has 0 saturated carbocycles. The summed E-state index contributed by atoms with van der Waals surface area (Å²) in [4.78, 5) is 19.7. The highest BCUT2D eigenvalue weighted by molar-refractivity contribution is 7.88. The molecule has 1 aromatic heterocycles. The Hall–Kier alpha value is -2.29. The van der Waals surface area contributed by atoms with Crippen LogP contribution in [0.4, 0.5) is 5.69 Å². The van der Waals surface area contributed by atoms with Gasteiger partial charge in [0.25, 0.3) is 5.91 Å². The topological polar surface area (TPSA) is 82.6 Å². The summed E-state index contributed by atoms with van der Waals surface area (Å²) in [6.45, 7) is 4.05. The van der Waals surface area contributed by atoms with Gasteiger partial charge >= 0.3 is 0 Å². The molecule has 2 aliphatic rings. The second-order valence-electron chi connectivity index (χ2n) is 8.53. The van der Waals surface area contributed by atoms with E-state index >= 15 is 0 Å². The molecule has 2 saturated heterocycles. The summed E-state index contributed by atoms with van der Waals surface area (Å²) in [6.07, 6.45) is 7.01. The molecule has 1 aromatic carbocycles. The third kappa shape index (κ3) is 5.50. The number of sulfonamides is 1. The number of hydrogen-bond donors (Lipinski definition) is 1. The number of aromatic nitrogens is 1. The van der Waals surface area contributed by atoms with Crippen LogP contribution in [0.25, 0.3) is 0 Å². The number of hydrogen-bond acceptors (Lipinski definition) is 5. The van der Waals surface area contributed by atoms with Crippen LogP contribution in [-0.2, 0) is 16.6 Å². The van der Waals surface area contributed by atoms with Crippen molar-refractivity contribution in [2.24, 2.45) is 0 Å². The first-order chi connectivity index (χ1) is 14.9. The van der Waals surface area contributed by atoms with E-state index < -0.39 is 10.0 Å². The van der Waals surface area contributed by atoms with Crippen LogP contribution in [0, 0.1) is 0 Å². The Balaban J connectivity index is 1.42. The first kappa shape index (κ1) is 21.9. The first-order valence-electron chi connectivity index (χ1n) is 10.9. The number of rotatable bonds is 6. The van der Waals surface area contributed by atoms with Gasteiger partial charge in [-0.05, 0) is 62.5 Å². The number of nitrogens with one attached hydrogen (secondary N) is 1. The fraction of sp³-hybridized carbons (Fsp3) is 0.478. The number of amides is 1. The minimum atomic E-state index is -3.20. The van der Waals surface area contributed by atoms with Crippen molar-refractivity contribution in [2.45, 2.75) is 38.1 Å². The summed E-state index contributed by atoms with van der Waals surface area (Å²) >= 11 is 0. The third-order valence-electron chi connectivity index (χ3n) is 6.18. The molecule has 3 heterocycles. The van der Waals surface area contributed by atoms with Gasteiger partial charge < -0.3 is 5.32 Å². The molecule has 0 spiro atoms. The average Bonchev–Trinajstić information content (AvgIpc) is 3.28. The molecule has 31 heavy (non-hydrogen) atoms. The van der Waals surface area contributed by atoms with Crippen LogP contribution in [-0.4, -0.2) is 60.9 Å². The molecular weight excluding hydrogens is 412 g/mol. The van der Waals surface area contributed by atoms with Crippen molar-refractivity contribution in [3.05, 3.63) is 59.4 Å². The highest BCUT2D eigenvalue weighted by Gasteiger charge is 2.27. The molecule has 0 bridgehead atoms. The van der Waals surface area contributed by atoms with Crippen molar-refractivity contribution in [3.8, 4) is 0 Å². The van der Waals surface area contributed by atoms with Crippen molar-refractivity contribution in [3.63, 3.8) is 0 Å². The Morgan fingerprint density at radius 1 is 1.10 bits per heavy atom. The standard InChI is InChI=1S/C23H30N4O3S/c1-31(29,30)27-14-6-8-20(17-27)21-11-10-18(15-24-21)23(28)25-22-9-3-2-7-19(22)16-26-12-4-5-13-26/h2-3,7,9-11,15,20H,4-6,8,12-14,16-17H2,1H3,(H,25,28)/t20-/m1/s1. The molecule has 4 rings (SSSR count). The van der Waals surface area contributed by atoms with E-state index in [-0.39, 0.29) is 11.8 Å². The molecule has 0 radical (unpaired) electrons. The van der Waals surface area contributed by atoms with E-state index in [0.717, 1.165) is 49.4 Å². The molecule has 2 fully saturated rings. The molecule has 1 N–H and O–H groups in total. The fourth-order valence-electron chi connectivity index (χ4n) is 4.42. The Morgan fingerprint density at radius 2 is 1.87 bits per heavy atom. The van der Waals surface area contributed by atoms with Crippen molar-refractivity contribution in [1.82, 2.24) is 14.2 Å². The van der Waals surface area contributed by atoms with E-state index in [1.165, 1.54) is 23.4 Å². The summed E-state index contributed by atoms with van der Waals surface area (Å²) in [7, 11) is -3.20. The summed E-state index contributed by atoms with van der Waals surface area (Å²) < 4.78 is 25.2. The maximum absolute atomic E-state index is 12.8. The normalized spacial score (nSPS) is 20.6. The van der Waals surface area contributed by atoms with Crippen LogP contribution in [0.5, 0.6) is 0 Å². The highest BCUT2D eigenvalue weighted by atomic mass is 32.2. The van der Waals surface area contributed by atoms with Crippen molar-refractivity contribution in [2.75, 3.05) is 37.8 Å². The summed E-state index contributed by atoms with van der Waals surface area (Å²) in [5.74, 6) is -0.129. The Kier molecular flexibility index (Phi) is 6.69. The minimum Gasteiger partial charge on any atom is -0.322 e. The molecule has 8 heteroatoms. The van der Waals surface area contributed by atoms with Crippen molar-refractivity contribution in [1.29, 1.82) is 0 Å². The van der Waals surface area contributed by atoms with Crippen LogP contribution in [0.1, 0.15) is 53.2 Å². The van der Waals surface area contributed by atoms with E-state index in [0.29, 0.717) is 18.7 Å². The Labute approximate surface area is 184 Å². The average molecular weight is 443 g/mol. The summed E-state index contributed by atoms with van der Waals surface area (Å²) in [5.41, 5.74) is 3.28. The molecular formula is C23H30N4O3S. The lowest BCUT2D eigenvalue weighted by Gasteiger charge is -2.30. The van der Waals surface area contributed by atoms with Crippen LogP contribution < -0.4 is 5.32 Å². The summed E-state index contributed by atoms with van der Waals surface area (Å²) in [5, 5.41) is 3.03. The number of piperidine rings is 1. The van der Waals surface area contributed by atoms with E-state index in [1.54, 1.807) is 12.3 Å². The molecule has 1 amide bonds. The van der Waals surface area contributed by atoms with Crippen LogP contribution in [0.3, 0.4) is 0 Å². The third-order valence-corrected chi connectivity index (χ3v) is 7.45. The first-order valence-corrected chi connectivity index (χ1v) is 12.8. The smallest absolute Gasteiger partial charge is 0.257 e. The number of likely N-dealkylation sites (tertiary alicyclic amines) is 1. The molecule has 7 nitrogen and oxygen atoms in total. The number of carbonyl (C=O) groups is 1. The van der Waals surface area contributed by atoms with E-state index in [9.17, 15) is 13.2 Å². The molecule has 2 aliphatic heterocycles. The monoisotopic (exact) mass is 442 g/mol. The maximum Gasteiger partial charge on any atom is 0.257 e. The van der Waals surface area contributed by atoms with Crippen molar-refractivity contribution >= 4 is 21.6 Å². The quantitative estimate of drug-likeness (QED) is 0.743. The number of benzene rings is 1. The summed E-state index contributed by atoms with van der Waals surface area (Å²) in [6, 6.07) is 11.6. The number of anilines is 1. The van der Waals surface area contributed by atoms with E-state index in [4.69, 9.17) is 0 Å². The zero-order valence-electron chi connectivity index (χ0n) is 18.0. The van der Waals surface area contributed by atoms with Gasteiger partial charge in [-0.1, -0.05) is 18.2 Å². The molecule has 0 aliphatic carbocycles. The second kappa shape index (κ2) is 9.46. The number of carbonyl (C=O) groups excluding carboxylic acids is 1. The van der Waals surface area contributed by atoms with Crippen LogP contribution in [0.15, 0.2) is 42.6 Å². The zero-order chi connectivity index (χ0) is 21.8. The van der Waals surface area contributed by atoms with Gasteiger partial charge in [-0.2, -0.15) is 0 Å². The molecule has 1 atom stereocenters. The molecule has 2 aromatic rings. The van der Waals surface area contributed by atoms with Gasteiger partial charge in [0.2, 0.25) is 10.0 Å². The SMILES string of the molecule is CS(=O)(=O)N1CCC[C@@H](c2ccc(C(=O)Nc3ccccc3CN3CCCC3)cn2)C1. The lowest BCUT2D eigenvalue weighted by atomic mass is 9.95. The Morgan fingerprint density at radius 3 is 2.58 bits per heavy atom. The van der Waals surface area contributed by atoms with Gasteiger partial charge in [-0.15, -0.1) is 0 Å². The highest BCUT2D eigenvalue weighted by Crippen LogP contribution is 2.27. The van der Waals surface area contributed by atoms with Gasteiger partial charge in [-0.3, -0.25) is 14.7 Å². The van der Waals surface area contributed by atoms with E-state index in [1.807, 2.05) is 24.3 Å². The lowest BCUT2D eigenvalue weighted by Crippen LogP contribution is -2.38. The number of nitrogens with zero attached hydrogens (tertiary/aromatic N) is 3. The molecule has 166 valence electrons. The maximum atomic E-state index is 12.8. The van der Waals surface area contributed by atoms with Crippen LogP contribution in [0.2, 0.25) is 0 Å². The fourth-order valence-corrected chi connectivity index (χ4v) is 5.33. The van der Waals surface area contributed by atoms with Gasteiger partial charge in [0.1, 0.15) is 0 Å². The number of pyridine rings is 1. The van der Waals surface area contributed by atoms with E-state index in [2.05, 4.69) is 21.3 Å². The predicted molar refractivity (Wildman–Crippen MR) is 122 cm³/mol. The Bertz CT molecular complexity index is 1020. The minimum absolute atomic E-state index is 0.0572. The predicted octanol–water partition coefficient (Wildman–Crippen LogP) is 3.07. The van der Waals surface area contributed by atoms with Gasteiger partial charge in [0.05, 0.1) is 11.8 Å². The lowest BCUT2D eigenvalue weighted by molar-refractivity contribution is 0.102. The number of para-hydroxylation sites is 1. The second-order valence-corrected chi connectivity index (χ2v) is 10.5. The zero-order valence-corrected chi connectivity index (χ0v) is 18.8. The van der Waals surface area contributed by atoms with Gasteiger partial charge in [0, 0.05) is 43.1 Å². The van der Waals surface area contributed by atoms with Gasteiger partial charge in [0.15, 0.2) is 0 Å². The van der Waals surface area contributed by atoms with Gasteiger partial charge in [-0.25, -0.2) is 12.7 Å². The van der Waals surface area contributed by atoms with Crippen LogP contribution >= 0.6 is 0 Å².